The van der Waals surface area contributed by atoms with Crippen LogP contribution in [0.25, 0.3) is 0 Å². The number of nitrogens with one attached hydrogen (secondary N) is 1. The highest BCUT2D eigenvalue weighted by Gasteiger charge is 2.10. The molecule has 0 unspecified atom stereocenters. The van der Waals surface area contributed by atoms with Crippen molar-refractivity contribution >= 4 is 39.8 Å². The third-order valence-electron chi connectivity index (χ3n) is 2.75. The topological polar surface area (TPSA) is 109 Å². The first-order valence-corrected chi connectivity index (χ1v) is 8.18. The van der Waals surface area contributed by atoms with Gasteiger partial charge < -0.3 is 10.4 Å². The second-order valence-corrected chi connectivity index (χ2v) is 6.71. The first-order valence-electron chi connectivity index (χ1n) is 6.49. The van der Waals surface area contributed by atoms with Crippen LogP contribution in [0.2, 0.25) is 0 Å². The molecule has 0 aliphatic heterocycles. The first kappa shape index (κ1) is 16.4. The number of aryl methyl sites for hydroxylation is 2. The molecule has 0 spiro atoms. The first-order chi connectivity index (χ1) is 10.4. The Labute approximate surface area is 135 Å². The quantitative estimate of drug-likeness (QED) is 0.425. The average Bonchev–Trinajstić information content (AvgIpc) is 3.05. The van der Waals surface area contributed by atoms with Crippen LogP contribution in [0.4, 0.5) is 9.93 Å². The molecular weight excluding hydrogens is 324 g/mol. The van der Waals surface area contributed by atoms with Crippen molar-refractivity contribution in [3.05, 3.63) is 33.0 Å². The van der Waals surface area contributed by atoms with Crippen molar-refractivity contribution in [3.63, 3.8) is 0 Å². The molecule has 0 saturated carbocycles. The third kappa shape index (κ3) is 4.79. The van der Waals surface area contributed by atoms with Crippen molar-refractivity contribution in [2.24, 2.45) is 5.84 Å². The summed E-state index contributed by atoms with van der Waals surface area (Å²) < 4.78 is 0. The fourth-order valence-electron chi connectivity index (χ4n) is 1.76. The number of carbonyl (C=O) groups excluding carboxylic acids is 1. The highest BCUT2D eigenvalue weighted by atomic mass is 32.1. The maximum absolute atomic E-state index is 10.9. The molecule has 0 aromatic carbocycles. The lowest BCUT2D eigenvalue weighted by atomic mass is 10.2. The number of thiophene rings is 1. The zero-order valence-electron chi connectivity index (χ0n) is 11.9. The number of nitrogens with zero attached hydrogens (tertiary/aromatic N) is 2. The summed E-state index contributed by atoms with van der Waals surface area (Å²) in [5.74, 6) is 5.23. The van der Waals surface area contributed by atoms with Crippen LogP contribution in [-0.4, -0.2) is 27.1 Å². The van der Waals surface area contributed by atoms with E-state index in [1.807, 2.05) is 17.5 Å². The van der Waals surface area contributed by atoms with Gasteiger partial charge in [-0.3, -0.25) is 4.79 Å². The number of thiazole rings is 1. The summed E-state index contributed by atoms with van der Waals surface area (Å²) in [6, 6.07) is 3.85. The van der Waals surface area contributed by atoms with Crippen LogP contribution in [0.1, 0.15) is 22.4 Å². The molecule has 4 N–H and O–H groups in total. The van der Waals surface area contributed by atoms with Gasteiger partial charge in [0.2, 0.25) is 5.91 Å². The molecule has 0 atom stereocenters. The average molecular weight is 340 g/mol. The van der Waals surface area contributed by atoms with Gasteiger partial charge in [0.25, 0.3) is 0 Å². The van der Waals surface area contributed by atoms with Gasteiger partial charge in [-0.2, -0.15) is 0 Å². The van der Waals surface area contributed by atoms with Crippen LogP contribution < -0.4 is 11.2 Å². The van der Waals surface area contributed by atoms with E-state index in [0.717, 1.165) is 33.3 Å². The Hall–Kier alpha value is -1.97. The molecule has 0 fully saturated rings. The van der Waals surface area contributed by atoms with E-state index in [2.05, 4.69) is 10.3 Å². The molecule has 2 aromatic heterocycles. The van der Waals surface area contributed by atoms with E-state index in [-0.39, 0.29) is 12.5 Å². The summed E-state index contributed by atoms with van der Waals surface area (Å²) >= 11 is 2.94. The Balaban J connectivity index is 1.87. The lowest BCUT2D eigenvalue weighted by Gasteiger charge is -2.09. The minimum absolute atomic E-state index is 0.131. The molecule has 22 heavy (non-hydrogen) atoms. The fourth-order valence-corrected chi connectivity index (χ4v) is 3.57. The summed E-state index contributed by atoms with van der Waals surface area (Å²) in [6.07, 6.45) is 0.426. The minimum Gasteiger partial charge on any atom is -0.464 e. The molecule has 7 nitrogen and oxygen atoms in total. The smallest absolute Gasteiger partial charge is 0.421 e. The van der Waals surface area contributed by atoms with Gasteiger partial charge in [0.1, 0.15) is 0 Å². The van der Waals surface area contributed by atoms with Crippen LogP contribution in [0.3, 0.4) is 0 Å². The number of anilines is 1. The van der Waals surface area contributed by atoms with Gasteiger partial charge in [-0.1, -0.05) is 0 Å². The summed E-state index contributed by atoms with van der Waals surface area (Å²) in [5, 5.41) is 14.7. The summed E-state index contributed by atoms with van der Waals surface area (Å²) in [6.45, 7) is 1.63. The Morgan fingerprint density at radius 3 is 2.77 bits per heavy atom. The van der Waals surface area contributed by atoms with Gasteiger partial charge >= 0.3 is 6.09 Å². The van der Waals surface area contributed by atoms with E-state index in [1.54, 1.807) is 0 Å². The van der Waals surface area contributed by atoms with E-state index >= 15 is 0 Å². The Morgan fingerprint density at radius 1 is 1.36 bits per heavy atom. The SMILES string of the molecule is CC(=O)Nc1nc(CCc2ccc(CN(N)C(=O)O)s2)cs1. The van der Waals surface area contributed by atoms with Crippen molar-refractivity contribution in [1.82, 2.24) is 9.99 Å². The molecule has 2 amide bonds. The predicted octanol–water partition coefficient (Wildman–Crippen LogP) is 2.30. The van der Waals surface area contributed by atoms with Gasteiger partial charge in [-0.15, -0.1) is 22.7 Å². The number of rotatable bonds is 6. The van der Waals surface area contributed by atoms with Crippen LogP contribution in [-0.2, 0) is 24.2 Å². The normalized spacial score (nSPS) is 10.5. The van der Waals surface area contributed by atoms with Crippen molar-refractivity contribution < 1.29 is 14.7 Å². The second-order valence-electron chi connectivity index (χ2n) is 4.60. The summed E-state index contributed by atoms with van der Waals surface area (Å²) in [7, 11) is 0. The molecule has 2 rings (SSSR count). The van der Waals surface area contributed by atoms with E-state index < -0.39 is 6.09 Å². The molecule has 0 bridgehead atoms. The van der Waals surface area contributed by atoms with Crippen molar-refractivity contribution in [1.29, 1.82) is 0 Å². The number of carboxylic acid groups (broad SMARTS) is 1. The van der Waals surface area contributed by atoms with Gasteiger partial charge in [0.15, 0.2) is 5.13 Å². The third-order valence-corrected chi connectivity index (χ3v) is 4.69. The highest BCUT2D eigenvalue weighted by molar-refractivity contribution is 7.14. The molecule has 0 aliphatic carbocycles. The van der Waals surface area contributed by atoms with Crippen molar-refractivity contribution in [2.75, 3.05) is 5.32 Å². The lowest BCUT2D eigenvalue weighted by Crippen LogP contribution is -2.34. The fraction of sp³-hybridized carbons (Fsp3) is 0.308. The Kier molecular flexibility index (Phi) is 5.47. The molecule has 2 heterocycles. The predicted molar refractivity (Wildman–Crippen MR) is 85.9 cm³/mol. The monoisotopic (exact) mass is 340 g/mol. The van der Waals surface area contributed by atoms with E-state index in [4.69, 9.17) is 10.9 Å². The number of hydrogen-bond donors (Lipinski definition) is 3. The molecule has 118 valence electrons. The number of hydrogen-bond acceptors (Lipinski definition) is 6. The molecule has 0 saturated heterocycles. The van der Waals surface area contributed by atoms with E-state index in [1.165, 1.54) is 29.6 Å². The van der Waals surface area contributed by atoms with Gasteiger partial charge in [0, 0.05) is 22.1 Å². The number of nitrogens with two attached hydrogens (primary N) is 1. The van der Waals surface area contributed by atoms with Crippen LogP contribution >= 0.6 is 22.7 Å². The van der Waals surface area contributed by atoms with Crippen LogP contribution in [0.15, 0.2) is 17.5 Å². The van der Waals surface area contributed by atoms with Gasteiger partial charge in [-0.05, 0) is 25.0 Å². The second kappa shape index (κ2) is 7.34. The largest absolute Gasteiger partial charge is 0.464 e. The number of hydrazine groups is 1. The number of aromatic nitrogens is 1. The molecule has 0 aliphatic rings. The maximum atomic E-state index is 10.9. The maximum Gasteiger partial charge on any atom is 0.421 e. The van der Waals surface area contributed by atoms with Crippen LogP contribution in [0, 0.1) is 0 Å². The Morgan fingerprint density at radius 2 is 2.09 bits per heavy atom. The lowest BCUT2D eigenvalue weighted by molar-refractivity contribution is -0.114. The molecule has 9 heteroatoms. The molecule has 2 aromatic rings. The standard InChI is InChI=1S/C13H16N4O3S2/c1-8(18)15-12-16-9(7-21-12)2-3-10-4-5-11(22-10)6-17(14)13(19)20/h4-5,7H,2-3,6,14H2,1H3,(H,19,20)(H,15,16,18). The van der Waals surface area contributed by atoms with Crippen molar-refractivity contribution in [3.8, 4) is 0 Å². The zero-order valence-corrected chi connectivity index (χ0v) is 13.5. The summed E-state index contributed by atoms with van der Waals surface area (Å²) in [4.78, 5) is 28.0. The van der Waals surface area contributed by atoms with Crippen molar-refractivity contribution in [2.45, 2.75) is 26.3 Å². The van der Waals surface area contributed by atoms with E-state index in [0.29, 0.717) is 5.13 Å². The van der Waals surface area contributed by atoms with E-state index in [9.17, 15) is 9.59 Å². The molecule has 0 radical (unpaired) electrons. The number of amides is 2. The van der Waals surface area contributed by atoms with Crippen LogP contribution in [0.5, 0.6) is 0 Å². The van der Waals surface area contributed by atoms with Gasteiger partial charge in [0.05, 0.1) is 12.2 Å². The highest BCUT2D eigenvalue weighted by Crippen LogP contribution is 2.21. The zero-order chi connectivity index (χ0) is 16.1. The summed E-state index contributed by atoms with van der Waals surface area (Å²) in [5.41, 5.74) is 0.926. The minimum atomic E-state index is -1.15. The van der Waals surface area contributed by atoms with Gasteiger partial charge in [-0.25, -0.2) is 20.6 Å². The Bertz CT molecular complexity index is 668. The molecular formula is C13H16N4O3S2. The number of carbonyl (C=O) groups is 2.